The van der Waals surface area contributed by atoms with Crippen LogP contribution in [0.2, 0.25) is 0 Å². The standard InChI is InChI=1S/C24H32N2O2/c1-18-4-10-23(11-5-18)28-17-20(3)25-24(27)22-8-6-21(7-9-22)16-26-14-12-19(2)13-15-26/h4-11,19-20H,12-17H2,1-3H3,(H,25,27)/t20-/m0/s1. The van der Waals surface area contributed by atoms with Gasteiger partial charge in [0.2, 0.25) is 0 Å². The molecule has 1 heterocycles. The molecule has 1 saturated heterocycles. The molecule has 1 aliphatic heterocycles. The fourth-order valence-corrected chi connectivity index (χ4v) is 3.44. The van der Waals surface area contributed by atoms with Crippen molar-refractivity contribution in [2.75, 3.05) is 19.7 Å². The van der Waals surface area contributed by atoms with Gasteiger partial charge in [-0.2, -0.15) is 0 Å². The number of carbonyl (C=O) groups excluding carboxylic acids is 1. The zero-order valence-corrected chi connectivity index (χ0v) is 17.3. The zero-order chi connectivity index (χ0) is 19.9. The van der Waals surface area contributed by atoms with Crippen molar-refractivity contribution in [3.8, 4) is 5.75 Å². The van der Waals surface area contributed by atoms with Crippen LogP contribution in [0.5, 0.6) is 5.75 Å². The van der Waals surface area contributed by atoms with E-state index in [-0.39, 0.29) is 11.9 Å². The number of benzene rings is 2. The number of likely N-dealkylation sites (tertiary alicyclic amines) is 1. The Morgan fingerprint density at radius 1 is 1.11 bits per heavy atom. The summed E-state index contributed by atoms with van der Waals surface area (Å²) < 4.78 is 5.75. The monoisotopic (exact) mass is 380 g/mol. The Morgan fingerprint density at radius 3 is 2.39 bits per heavy atom. The van der Waals surface area contributed by atoms with Gasteiger partial charge in [0, 0.05) is 12.1 Å². The molecule has 0 aromatic heterocycles. The maximum absolute atomic E-state index is 12.5. The molecule has 1 fully saturated rings. The van der Waals surface area contributed by atoms with E-state index >= 15 is 0 Å². The normalized spacial score (nSPS) is 16.5. The van der Waals surface area contributed by atoms with Gasteiger partial charge in [-0.25, -0.2) is 0 Å². The van der Waals surface area contributed by atoms with Gasteiger partial charge in [0.05, 0.1) is 6.04 Å². The van der Waals surface area contributed by atoms with E-state index in [2.05, 4.69) is 29.3 Å². The number of nitrogens with one attached hydrogen (secondary N) is 1. The van der Waals surface area contributed by atoms with Crippen molar-refractivity contribution in [1.82, 2.24) is 10.2 Å². The average Bonchev–Trinajstić information content (AvgIpc) is 2.70. The van der Waals surface area contributed by atoms with Crippen molar-refractivity contribution in [3.63, 3.8) is 0 Å². The third kappa shape index (κ3) is 6.10. The van der Waals surface area contributed by atoms with Gasteiger partial charge in [-0.1, -0.05) is 36.8 Å². The number of ether oxygens (including phenoxy) is 1. The van der Waals surface area contributed by atoms with Crippen LogP contribution in [0.3, 0.4) is 0 Å². The van der Waals surface area contributed by atoms with Crippen LogP contribution in [0.15, 0.2) is 48.5 Å². The van der Waals surface area contributed by atoms with Crippen LogP contribution in [0, 0.1) is 12.8 Å². The van der Waals surface area contributed by atoms with E-state index in [9.17, 15) is 4.79 Å². The minimum absolute atomic E-state index is 0.0571. The second-order valence-electron chi connectivity index (χ2n) is 8.15. The van der Waals surface area contributed by atoms with Gasteiger partial charge in [-0.05, 0) is 75.5 Å². The molecule has 0 spiro atoms. The summed E-state index contributed by atoms with van der Waals surface area (Å²) in [5.74, 6) is 1.61. The van der Waals surface area contributed by atoms with Gasteiger partial charge < -0.3 is 10.1 Å². The highest BCUT2D eigenvalue weighted by atomic mass is 16.5. The average molecular weight is 381 g/mol. The molecule has 1 aliphatic rings. The van der Waals surface area contributed by atoms with Crippen LogP contribution in [0.25, 0.3) is 0 Å². The molecule has 0 radical (unpaired) electrons. The van der Waals surface area contributed by atoms with Crippen LogP contribution < -0.4 is 10.1 Å². The molecule has 4 heteroatoms. The van der Waals surface area contributed by atoms with Crippen molar-refractivity contribution >= 4 is 5.91 Å². The fraction of sp³-hybridized carbons (Fsp3) is 0.458. The Balaban J connectivity index is 1.45. The summed E-state index contributed by atoms with van der Waals surface area (Å²) in [6, 6.07) is 15.9. The summed E-state index contributed by atoms with van der Waals surface area (Å²) in [6.45, 7) is 10.1. The molecule has 28 heavy (non-hydrogen) atoms. The zero-order valence-electron chi connectivity index (χ0n) is 17.3. The van der Waals surface area contributed by atoms with Crippen molar-refractivity contribution in [2.45, 2.75) is 46.2 Å². The Hall–Kier alpha value is -2.33. The number of rotatable bonds is 7. The Morgan fingerprint density at radius 2 is 1.75 bits per heavy atom. The molecular formula is C24H32N2O2. The Labute approximate surface area is 168 Å². The first-order chi connectivity index (χ1) is 13.5. The lowest BCUT2D eigenvalue weighted by Crippen LogP contribution is -2.36. The molecular weight excluding hydrogens is 348 g/mol. The molecule has 1 atom stereocenters. The summed E-state index contributed by atoms with van der Waals surface area (Å²) >= 11 is 0. The maximum atomic E-state index is 12.5. The van der Waals surface area contributed by atoms with Crippen molar-refractivity contribution in [2.24, 2.45) is 5.92 Å². The summed E-state index contributed by atoms with van der Waals surface area (Å²) in [7, 11) is 0. The number of carbonyl (C=O) groups is 1. The molecule has 3 rings (SSSR count). The van der Waals surface area contributed by atoms with Gasteiger partial charge in [0.15, 0.2) is 0 Å². The summed E-state index contributed by atoms with van der Waals surface area (Å²) in [5.41, 5.74) is 3.16. The summed E-state index contributed by atoms with van der Waals surface area (Å²) in [5, 5.41) is 3.01. The maximum Gasteiger partial charge on any atom is 0.251 e. The highest BCUT2D eigenvalue weighted by molar-refractivity contribution is 5.94. The van der Waals surface area contributed by atoms with E-state index in [1.165, 1.54) is 37.1 Å². The second-order valence-corrected chi connectivity index (χ2v) is 8.15. The number of amides is 1. The minimum Gasteiger partial charge on any atom is -0.491 e. The van der Waals surface area contributed by atoms with Crippen LogP contribution in [-0.2, 0) is 6.54 Å². The number of aryl methyl sites for hydroxylation is 1. The molecule has 0 bridgehead atoms. The number of nitrogens with zero attached hydrogens (tertiary/aromatic N) is 1. The predicted molar refractivity (Wildman–Crippen MR) is 114 cm³/mol. The Bertz CT molecular complexity index is 747. The molecule has 1 N–H and O–H groups in total. The van der Waals surface area contributed by atoms with E-state index in [1.807, 2.05) is 50.2 Å². The predicted octanol–water partition coefficient (Wildman–Crippen LogP) is 4.42. The van der Waals surface area contributed by atoms with Gasteiger partial charge >= 0.3 is 0 Å². The molecule has 0 aliphatic carbocycles. The van der Waals surface area contributed by atoms with Gasteiger partial charge in [-0.3, -0.25) is 9.69 Å². The third-order valence-corrected chi connectivity index (χ3v) is 5.40. The van der Waals surface area contributed by atoms with E-state index in [4.69, 9.17) is 4.74 Å². The SMILES string of the molecule is Cc1ccc(OC[C@H](C)NC(=O)c2ccc(CN3CCC(C)CC3)cc2)cc1. The van der Waals surface area contributed by atoms with E-state index < -0.39 is 0 Å². The molecule has 150 valence electrons. The second kappa shape index (κ2) is 9.74. The van der Waals surface area contributed by atoms with Gasteiger partial charge in [0.25, 0.3) is 5.91 Å². The van der Waals surface area contributed by atoms with Crippen LogP contribution >= 0.6 is 0 Å². The largest absolute Gasteiger partial charge is 0.491 e. The molecule has 2 aromatic rings. The van der Waals surface area contributed by atoms with E-state index in [0.717, 1.165) is 18.2 Å². The number of hydrogen-bond acceptors (Lipinski definition) is 3. The van der Waals surface area contributed by atoms with E-state index in [0.29, 0.717) is 12.2 Å². The molecule has 0 saturated carbocycles. The van der Waals surface area contributed by atoms with Crippen molar-refractivity contribution in [3.05, 3.63) is 65.2 Å². The smallest absolute Gasteiger partial charge is 0.251 e. The molecule has 2 aromatic carbocycles. The highest BCUT2D eigenvalue weighted by Crippen LogP contribution is 2.18. The highest BCUT2D eigenvalue weighted by Gasteiger charge is 2.16. The van der Waals surface area contributed by atoms with Crippen LogP contribution in [-0.4, -0.2) is 36.5 Å². The minimum atomic E-state index is -0.0659. The molecule has 1 amide bonds. The lowest BCUT2D eigenvalue weighted by molar-refractivity contribution is 0.0926. The number of piperidine rings is 1. The molecule has 4 nitrogen and oxygen atoms in total. The third-order valence-electron chi connectivity index (χ3n) is 5.40. The Kier molecular flexibility index (Phi) is 7.10. The quantitative estimate of drug-likeness (QED) is 0.773. The van der Waals surface area contributed by atoms with Crippen LogP contribution in [0.4, 0.5) is 0 Å². The first-order valence-electron chi connectivity index (χ1n) is 10.3. The van der Waals surface area contributed by atoms with Crippen LogP contribution in [0.1, 0.15) is 48.2 Å². The topological polar surface area (TPSA) is 41.6 Å². The van der Waals surface area contributed by atoms with Crippen molar-refractivity contribution < 1.29 is 9.53 Å². The van der Waals surface area contributed by atoms with Crippen molar-refractivity contribution in [1.29, 1.82) is 0 Å². The lowest BCUT2D eigenvalue weighted by atomic mass is 9.99. The fourth-order valence-electron chi connectivity index (χ4n) is 3.44. The van der Waals surface area contributed by atoms with E-state index in [1.54, 1.807) is 0 Å². The summed E-state index contributed by atoms with van der Waals surface area (Å²) in [6.07, 6.45) is 2.56. The summed E-state index contributed by atoms with van der Waals surface area (Å²) in [4.78, 5) is 15.0. The first kappa shape index (κ1) is 20.4. The first-order valence-corrected chi connectivity index (χ1v) is 10.3. The molecule has 0 unspecified atom stereocenters. The van der Waals surface area contributed by atoms with Gasteiger partial charge in [-0.15, -0.1) is 0 Å². The van der Waals surface area contributed by atoms with Gasteiger partial charge in [0.1, 0.15) is 12.4 Å². The lowest BCUT2D eigenvalue weighted by Gasteiger charge is -2.30. The number of hydrogen-bond donors (Lipinski definition) is 1.